The van der Waals surface area contributed by atoms with Gasteiger partial charge in [-0.25, -0.2) is 4.79 Å². The van der Waals surface area contributed by atoms with E-state index in [1.807, 2.05) is 0 Å². The molecule has 0 saturated carbocycles. The Hall–Kier alpha value is -2.09. The smallest absolute Gasteiger partial charge is 0.404 e. The van der Waals surface area contributed by atoms with Crippen LogP contribution in [0.2, 0.25) is 5.28 Å². The Labute approximate surface area is 101 Å². The molecule has 0 bridgehead atoms. The monoisotopic (exact) mass is 256 g/mol. The van der Waals surface area contributed by atoms with E-state index >= 15 is 0 Å². The summed E-state index contributed by atoms with van der Waals surface area (Å²) in [6.45, 7) is 0.493. The number of fused-ring (bicyclic) bond motifs is 1. The number of aromatic amines is 1. The number of carbonyl (C=O) groups excluding carboxylic acids is 1. The lowest BCUT2D eigenvalue weighted by Gasteiger charge is -2.06. The fourth-order valence-electron chi connectivity index (χ4n) is 1.26. The molecular weight excluding hydrogens is 248 g/mol. The number of nitrogens with one attached hydrogen (secondary N) is 2. The highest BCUT2D eigenvalue weighted by Gasteiger charge is 2.07. The molecule has 0 aliphatic carbocycles. The number of H-pyrrole nitrogens is 1. The molecule has 0 aromatic carbocycles. The lowest BCUT2D eigenvalue weighted by Crippen LogP contribution is -2.18. The molecule has 0 aliphatic rings. The molecule has 0 saturated heterocycles. The topological polar surface area (TPSA) is 119 Å². The number of halogens is 1. The van der Waals surface area contributed by atoms with Gasteiger partial charge < -0.3 is 15.8 Å². The van der Waals surface area contributed by atoms with Crippen LogP contribution in [0.1, 0.15) is 0 Å². The number of carbonyl (C=O) groups is 1. The van der Waals surface area contributed by atoms with Crippen molar-refractivity contribution >= 4 is 34.5 Å². The van der Waals surface area contributed by atoms with E-state index < -0.39 is 6.09 Å². The third kappa shape index (κ3) is 2.72. The van der Waals surface area contributed by atoms with E-state index in [4.69, 9.17) is 17.3 Å². The van der Waals surface area contributed by atoms with E-state index in [9.17, 15) is 4.79 Å². The van der Waals surface area contributed by atoms with Gasteiger partial charge in [-0.1, -0.05) is 0 Å². The molecule has 2 aromatic heterocycles. The van der Waals surface area contributed by atoms with Crippen LogP contribution in [-0.4, -0.2) is 39.4 Å². The number of ether oxygens (including phenoxy) is 1. The average molecular weight is 257 g/mol. The zero-order valence-electron chi connectivity index (χ0n) is 8.61. The molecule has 0 unspecified atom stereocenters. The van der Waals surface area contributed by atoms with Crippen molar-refractivity contribution in [1.29, 1.82) is 0 Å². The highest BCUT2D eigenvalue weighted by Crippen LogP contribution is 2.19. The van der Waals surface area contributed by atoms with Crippen LogP contribution >= 0.6 is 11.6 Å². The molecule has 8 nitrogen and oxygen atoms in total. The molecule has 2 rings (SSSR count). The molecule has 9 heteroatoms. The summed E-state index contributed by atoms with van der Waals surface area (Å²) < 4.78 is 4.56. The Kier molecular flexibility index (Phi) is 3.24. The molecule has 17 heavy (non-hydrogen) atoms. The zero-order valence-corrected chi connectivity index (χ0v) is 9.36. The van der Waals surface area contributed by atoms with Crippen LogP contribution < -0.4 is 11.1 Å². The van der Waals surface area contributed by atoms with Crippen molar-refractivity contribution in [2.75, 3.05) is 18.5 Å². The molecule has 0 atom stereocenters. The molecule has 2 heterocycles. The number of hydrogen-bond acceptors (Lipinski definition) is 6. The van der Waals surface area contributed by atoms with Gasteiger partial charge in [0.1, 0.15) is 12.4 Å². The van der Waals surface area contributed by atoms with E-state index in [1.54, 1.807) is 6.20 Å². The second-order valence-electron chi connectivity index (χ2n) is 3.07. The highest BCUT2D eigenvalue weighted by molar-refractivity contribution is 6.28. The number of nitrogens with zero attached hydrogens (tertiary/aromatic N) is 3. The number of rotatable bonds is 4. The fraction of sp³-hybridized carbons (Fsp3) is 0.250. The number of nitrogens with two attached hydrogens (primary N) is 1. The van der Waals surface area contributed by atoms with Gasteiger partial charge in [-0.05, 0) is 11.6 Å². The molecule has 2 aromatic rings. The number of primary amides is 1. The van der Waals surface area contributed by atoms with Crippen LogP contribution in [0.5, 0.6) is 0 Å². The van der Waals surface area contributed by atoms with Gasteiger partial charge in [0.15, 0.2) is 5.65 Å². The molecule has 0 spiro atoms. The van der Waals surface area contributed by atoms with Crippen molar-refractivity contribution in [1.82, 2.24) is 20.2 Å². The fourth-order valence-corrected chi connectivity index (χ4v) is 1.43. The minimum atomic E-state index is -0.819. The quantitative estimate of drug-likeness (QED) is 0.542. The van der Waals surface area contributed by atoms with Crippen molar-refractivity contribution in [2.45, 2.75) is 0 Å². The zero-order chi connectivity index (χ0) is 12.3. The third-order valence-corrected chi connectivity index (χ3v) is 2.09. The van der Waals surface area contributed by atoms with E-state index in [1.165, 1.54) is 0 Å². The van der Waals surface area contributed by atoms with E-state index in [-0.39, 0.29) is 11.9 Å². The van der Waals surface area contributed by atoms with E-state index in [0.717, 1.165) is 0 Å². The van der Waals surface area contributed by atoms with Crippen molar-refractivity contribution in [3.63, 3.8) is 0 Å². The van der Waals surface area contributed by atoms with Crippen molar-refractivity contribution in [2.24, 2.45) is 5.73 Å². The van der Waals surface area contributed by atoms with Gasteiger partial charge in [-0.15, -0.1) is 0 Å². The van der Waals surface area contributed by atoms with Gasteiger partial charge in [-0.2, -0.15) is 15.1 Å². The minimum Gasteiger partial charge on any atom is -0.448 e. The summed E-state index contributed by atoms with van der Waals surface area (Å²) in [6.07, 6.45) is 0.754. The Balaban J connectivity index is 2.07. The molecule has 0 aliphatic heterocycles. The Morgan fingerprint density at radius 2 is 2.41 bits per heavy atom. The molecular formula is C8H9ClN6O2. The summed E-state index contributed by atoms with van der Waals surface area (Å²) in [5.74, 6) is 0.516. The van der Waals surface area contributed by atoms with Crippen LogP contribution in [0.15, 0.2) is 6.20 Å². The van der Waals surface area contributed by atoms with E-state index in [2.05, 4.69) is 30.2 Å². The maximum absolute atomic E-state index is 10.3. The van der Waals surface area contributed by atoms with Crippen molar-refractivity contribution in [3.8, 4) is 0 Å². The van der Waals surface area contributed by atoms with Crippen LogP contribution in [0.25, 0.3) is 11.0 Å². The summed E-state index contributed by atoms with van der Waals surface area (Å²) >= 11 is 5.73. The number of anilines is 1. The number of hydrogen-bond donors (Lipinski definition) is 3. The van der Waals surface area contributed by atoms with Crippen LogP contribution in [0.4, 0.5) is 10.6 Å². The maximum atomic E-state index is 10.3. The van der Waals surface area contributed by atoms with Crippen LogP contribution in [-0.2, 0) is 4.74 Å². The highest BCUT2D eigenvalue weighted by atomic mass is 35.5. The Bertz CT molecular complexity index is 542. The average Bonchev–Trinajstić information content (AvgIpc) is 2.71. The predicted octanol–water partition coefficient (Wildman–Crippen LogP) is 0.513. The second kappa shape index (κ2) is 4.83. The first-order valence-corrected chi connectivity index (χ1v) is 5.07. The van der Waals surface area contributed by atoms with Gasteiger partial charge in [0, 0.05) is 0 Å². The van der Waals surface area contributed by atoms with Crippen molar-refractivity contribution < 1.29 is 9.53 Å². The Morgan fingerprint density at radius 1 is 1.59 bits per heavy atom. The normalized spacial score (nSPS) is 10.4. The predicted molar refractivity (Wildman–Crippen MR) is 60.7 cm³/mol. The molecule has 0 fully saturated rings. The molecule has 4 N–H and O–H groups in total. The summed E-state index contributed by atoms with van der Waals surface area (Å²) in [6, 6.07) is 0. The number of aromatic nitrogens is 4. The lowest BCUT2D eigenvalue weighted by atomic mass is 10.4. The van der Waals surface area contributed by atoms with Gasteiger partial charge in [0.2, 0.25) is 5.28 Å². The van der Waals surface area contributed by atoms with Crippen molar-refractivity contribution in [3.05, 3.63) is 11.5 Å². The summed E-state index contributed by atoms with van der Waals surface area (Å²) in [7, 11) is 0. The first-order chi connectivity index (χ1) is 8.16. The van der Waals surface area contributed by atoms with E-state index in [0.29, 0.717) is 23.4 Å². The summed E-state index contributed by atoms with van der Waals surface area (Å²) in [5, 5.41) is 10.2. The summed E-state index contributed by atoms with van der Waals surface area (Å²) in [4.78, 5) is 18.3. The number of amides is 1. The lowest BCUT2D eigenvalue weighted by molar-refractivity contribution is 0.161. The van der Waals surface area contributed by atoms with Crippen LogP contribution in [0.3, 0.4) is 0 Å². The first-order valence-electron chi connectivity index (χ1n) is 4.69. The molecule has 0 radical (unpaired) electrons. The van der Waals surface area contributed by atoms with Gasteiger partial charge >= 0.3 is 6.09 Å². The second-order valence-corrected chi connectivity index (χ2v) is 3.41. The SMILES string of the molecule is NC(=O)OCCNc1nc(Cl)nc2[nH]ncc12. The van der Waals surface area contributed by atoms with Crippen LogP contribution in [0, 0.1) is 0 Å². The van der Waals surface area contributed by atoms with Gasteiger partial charge in [0.25, 0.3) is 0 Å². The standard InChI is InChI=1S/C8H9ClN6O2/c9-7-13-5(11-1-2-17-8(10)16)4-3-12-15-6(4)14-7/h3H,1-2H2,(H2,10,16)(H2,11,12,13,14,15). The largest absolute Gasteiger partial charge is 0.448 e. The van der Waals surface area contributed by atoms with Gasteiger partial charge in [0.05, 0.1) is 18.1 Å². The minimum absolute atomic E-state index is 0.0973. The van der Waals surface area contributed by atoms with Gasteiger partial charge in [-0.3, -0.25) is 5.10 Å². The molecule has 90 valence electrons. The summed E-state index contributed by atoms with van der Waals surface area (Å²) in [5.41, 5.74) is 5.35. The molecule has 1 amide bonds. The third-order valence-electron chi connectivity index (χ3n) is 1.92. The first kappa shape index (κ1) is 11.4. The maximum Gasteiger partial charge on any atom is 0.404 e. The Morgan fingerprint density at radius 3 is 3.18 bits per heavy atom.